The van der Waals surface area contributed by atoms with E-state index in [-0.39, 0.29) is 0 Å². The average molecular weight is 208 g/mol. The van der Waals surface area contributed by atoms with Crippen LogP contribution in [0, 0.1) is 0 Å². The largest absolute Gasteiger partial charge is 0.363 e. The van der Waals surface area contributed by atoms with Crippen LogP contribution in [0.2, 0.25) is 0 Å². The highest BCUT2D eigenvalue weighted by Gasteiger charge is 1.93. The van der Waals surface area contributed by atoms with Crippen molar-refractivity contribution in [2.45, 2.75) is 13.3 Å². The van der Waals surface area contributed by atoms with E-state index in [9.17, 15) is 4.21 Å². The first-order chi connectivity index (χ1) is 5.66. The Morgan fingerprint density at radius 1 is 1.42 bits per heavy atom. The molecular formula is C7H16N2OS2. The van der Waals surface area contributed by atoms with Gasteiger partial charge in [0.25, 0.3) is 0 Å². The highest BCUT2D eigenvalue weighted by atomic mass is 32.2. The molecular weight excluding hydrogens is 192 g/mol. The molecule has 0 saturated heterocycles. The maximum absolute atomic E-state index is 10.6. The zero-order valence-electron chi connectivity index (χ0n) is 7.55. The van der Waals surface area contributed by atoms with Crippen molar-refractivity contribution in [3.8, 4) is 0 Å². The molecule has 1 atom stereocenters. The summed E-state index contributed by atoms with van der Waals surface area (Å²) in [6, 6.07) is 0. The summed E-state index contributed by atoms with van der Waals surface area (Å²) >= 11 is 4.95. The summed E-state index contributed by atoms with van der Waals surface area (Å²) in [6.45, 7) is 3.65. The van der Waals surface area contributed by atoms with Gasteiger partial charge in [-0.15, -0.1) is 0 Å². The number of thiocarbonyl (C=S) groups is 1. The van der Waals surface area contributed by atoms with Crippen LogP contribution in [0.25, 0.3) is 0 Å². The lowest BCUT2D eigenvalue weighted by Gasteiger charge is -2.07. The molecule has 0 amide bonds. The molecule has 0 aliphatic heterocycles. The second kappa shape index (κ2) is 7.49. The highest BCUT2D eigenvalue weighted by molar-refractivity contribution is 7.84. The summed E-state index contributed by atoms with van der Waals surface area (Å²) in [4.78, 5) is 0. The monoisotopic (exact) mass is 208 g/mol. The molecule has 0 aliphatic carbocycles. The van der Waals surface area contributed by atoms with Gasteiger partial charge in [-0.05, 0) is 18.6 Å². The molecule has 0 heterocycles. The zero-order chi connectivity index (χ0) is 9.40. The van der Waals surface area contributed by atoms with Crippen LogP contribution >= 0.6 is 12.2 Å². The van der Waals surface area contributed by atoms with Gasteiger partial charge in [0.15, 0.2) is 5.11 Å². The molecule has 3 nitrogen and oxygen atoms in total. The SMILES string of the molecule is CCCNC(=S)NCCS(C)=O. The molecule has 1 unspecified atom stereocenters. The van der Waals surface area contributed by atoms with Gasteiger partial charge >= 0.3 is 0 Å². The van der Waals surface area contributed by atoms with Crippen molar-refractivity contribution in [2.75, 3.05) is 25.1 Å². The predicted octanol–water partition coefficient (Wildman–Crippen LogP) is 0.239. The Hall–Kier alpha value is -0.160. The van der Waals surface area contributed by atoms with Crippen LogP contribution in [-0.2, 0) is 10.8 Å². The molecule has 0 aromatic rings. The Labute approximate surface area is 81.8 Å². The molecule has 72 valence electrons. The van der Waals surface area contributed by atoms with E-state index in [1.807, 2.05) is 0 Å². The molecule has 0 rings (SSSR count). The van der Waals surface area contributed by atoms with Crippen LogP contribution in [0.5, 0.6) is 0 Å². The van der Waals surface area contributed by atoms with E-state index in [0.717, 1.165) is 13.0 Å². The molecule has 5 heteroatoms. The number of nitrogens with one attached hydrogen (secondary N) is 2. The van der Waals surface area contributed by atoms with Crippen molar-refractivity contribution in [1.82, 2.24) is 10.6 Å². The molecule has 0 saturated carbocycles. The lowest BCUT2D eigenvalue weighted by Crippen LogP contribution is -2.37. The summed E-state index contributed by atoms with van der Waals surface area (Å²) in [5, 5.41) is 6.66. The van der Waals surface area contributed by atoms with Gasteiger partial charge in [-0.3, -0.25) is 4.21 Å². The first-order valence-electron chi connectivity index (χ1n) is 3.98. The molecule has 2 N–H and O–H groups in total. The molecule has 0 aliphatic rings. The van der Waals surface area contributed by atoms with Crippen molar-refractivity contribution in [2.24, 2.45) is 0 Å². The van der Waals surface area contributed by atoms with Gasteiger partial charge in [-0.25, -0.2) is 0 Å². The van der Waals surface area contributed by atoms with Crippen LogP contribution in [-0.4, -0.2) is 34.4 Å². The average Bonchev–Trinajstić information content (AvgIpc) is 2.00. The maximum Gasteiger partial charge on any atom is 0.166 e. The van der Waals surface area contributed by atoms with Crippen molar-refractivity contribution in [3.63, 3.8) is 0 Å². The first-order valence-corrected chi connectivity index (χ1v) is 6.12. The minimum Gasteiger partial charge on any atom is -0.363 e. The molecule has 0 aromatic carbocycles. The smallest absolute Gasteiger partial charge is 0.166 e. The fourth-order valence-electron chi connectivity index (χ4n) is 0.609. The lowest BCUT2D eigenvalue weighted by molar-refractivity contribution is 0.685. The summed E-state index contributed by atoms with van der Waals surface area (Å²) in [5.74, 6) is 0.647. The number of rotatable bonds is 5. The maximum atomic E-state index is 10.6. The molecule has 0 spiro atoms. The Kier molecular flexibility index (Phi) is 7.39. The quantitative estimate of drug-likeness (QED) is 0.635. The number of hydrogen-bond acceptors (Lipinski definition) is 2. The fraction of sp³-hybridized carbons (Fsp3) is 0.857. The lowest BCUT2D eigenvalue weighted by atomic mass is 10.5. The van der Waals surface area contributed by atoms with Crippen LogP contribution < -0.4 is 10.6 Å². The third-order valence-electron chi connectivity index (χ3n) is 1.21. The van der Waals surface area contributed by atoms with Crippen LogP contribution in [0.4, 0.5) is 0 Å². The van der Waals surface area contributed by atoms with E-state index < -0.39 is 10.8 Å². The molecule has 0 aromatic heterocycles. The van der Waals surface area contributed by atoms with E-state index >= 15 is 0 Å². The minimum absolute atomic E-state index is 0.647. The molecule has 12 heavy (non-hydrogen) atoms. The van der Waals surface area contributed by atoms with Gasteiger partial charge < -0.3 is 10.6 Å². The third kappa shape index (κ3) is 7.94. The van der Waals surface area contributed by atoms with Gasteiger partial charge in [0, 0.05) is 35.9 Å². The molecule has 0 fully saturated rings. The van der Waals surface area contributed by atoms with Gasteiger partial charge in [0.1, 0.15) is 0 Å². The van der Waals surface area contributed by atoms with E-state index in [1.165, 1.54) is 0 Å². The van der Waals surface area contributed by atoms with E-state index in [2.05, 4.69) is 17.6 Å². The predicted molar refractivity (Wildman–Crippen MR) is 57.8 cm³/mol. The van der Waals surface area contributed by atoms with E-state index in [0.29, 0.717) is 17.4 Å². The topological polar surface area (TPSA) is 41.1 Å². The molecule has 0 bridgehead atoms. The van der Waals surface area contributed by atoms with Crippen molar-refractivity contribution >= 4 is 28.1 Å². The van der Waals surface area contributed by atoms with Gasteiger partial charge in [-0.2, -0.15) is 0 Å². The van der Waals surface area contributed by atoms with Crippen LogP contribution in [0.1, 0.15) is 13.3 Å². The zero-order valence-corrected chi connectivity index (χ0v) is 9.19. The van der Waals surface area contributed by atoms with Crippen molar-refractivity contribution in [3.05, 3.63) is 0 Å². The Morgan fingerprint density at radius 2 is 2.00 bits per heavy atom. The summed E-state index contributed by atoms with van der Waals surface area (Å²) < 4.78 is 10.6. The van der Waals surface area contributed by atoms with Crippen molar-refractivity contribution in [1.29, 1.82) is 0 Å². The van der Waals surface area contributed by atoms with Gasteiger partial charge in [0.05, 0.1) is 0 Å². The Morgan fingerprint density at radius 3 is 2.50 bits per heavy atom. The van der Waals surface area contributed by atoms with Crippen molar-refractivity contribution < 1.29 is 4.21 Å². The summed E-state index contributed by atoms with van der Waals surface area (Å²) in [5.41, 5.74) is 0. The first kappa shape index (κ1) is 11.8. The standard InChI is InChI=1S/C7H16N2OS2/c1-3-4-8-7(11)9-5-6-12(2)10/h3-6H2,1-2H3,(H2,8,9,11). The highest BCUT2D eigenvalue weighted by Crippen LogP contribution is 1.74. The second-order valence-corrected chi connectivity index (χ2v) is 4.42. The van der Waals surface area contributed by atoms with Gasteiger partial charge in [-0.1, -0.05) is 6.92 Å². The summed E-state index contributed by atoms with van der Waals surface area (Å²) in [6.07, 6.45) is 2.74. The second-order valence-electron chi connectivity index (χ2n) is 2.46. The molecule has 0 radical (unpaired) electrons. The van der Waals surface area contributed by atoms with E-state index in [4.69, 9.17) is 12.2 Å². The summed E-state index contributed by atoms with van der Waals surface area (Å²) in [7, 11) is -0.738. The van der Waals surface area contributed by atoms with Crippen LogP contribution in [0.3, 0.4) is 0 Å². The fourth-order valence-corrected chi connectivity index (χ4v) is 1.20. The minimum atomic E-state index is -0.738. The van der Waals surface area contributed by atoms with Gasteiger partial charge in [0.2, 0.25) is 0 Å². The number of hydrogen-bond donors (Lipinski definition) is 2. The van der Waals surface area contributed by atoms with E-state index in [1.54, 1.807) is 6.26 Å². The Bertz CT molecular complexity index is 161. The van der Waals surface area contributed by atoms with Crippen LogP contribution in [0.15, 0.2) is 0 Å². The normalized spacial score (nSPS) is 12.2. The third-order valence-corrected chi connectivity index (χ3v) is 2.28. The Balaban J connectivity index is 3.25.